The topological polar surface area (TPSA) is 129 Å². The third-order valence-electron chi connectivity index (χ3n) is 9.37. The Morgan fingerprint density at radius 3 is 2.51 bits per heavy atom. The van der Waals surface area contributed by atoms with Crippen molar-refractivity contribution in [2.24, 2.45) is 0 Å². The van der Waals surface area contributed by atoms with Gasteiger partial charge < -0.3 is 19.5 Å². The lowest BCUT2D eigenvalue weighted by Crippen LogP contribution is -2.48. The lowest BCUT2D eigenvalue weighted by atomic mass is 9.92. The number of para-hydroxylation sites is 2. The first-order valence-electron chi connectivity index (χ1n) is 15.7. The van der Waals surface area contributed by atoms with E-state index in [4.69, 9.17) is 4.74 Å². The molecule has 1 unspecified atom stereocenters. The third kappa shape index (κ3) is 5.82. The molecule has 2 aliphatic rings. The summed E-state index contributed by atoms with van der Waals surface area (Å²) in [5, 5.41) is 8.13. The molecule has 45 heavy (non-hydrogen) atoms. The summed E-state index contributed by atoms with van der Waals surface area (Å²) >= 11 is 0. The Bertz CT molecular complexity index is 1880. The molecule has 2 aromatic carbocycles. The predicted molar refractivity (Wildman–Crippen MR) is 170 cm³/mol. The molecule has 5 heterocycles. The van der Waals surface area contributed by atoms with Crippen molar-refractivity contribution in [1.29, 1.82) is 0 Å². The number of hydrogen-bond donors (Lipinski definition) is 2. The number of aryl methyl sites for hydroxylation is 1. The Hall–Kier alpha value is -4.93. The average Bonchev–Trinajstić information content (AvgIpc) is 3.68. The fourth-order valence-electron chi connectivity index (χ4n) is 6.98. The Balaban J connectivity index is 1.05. The summed E-state index contributed by atoms with van der Waals surface area (Å²) in [6.45, 7) is 4.04. The van der Waals surface area contributed by atoms with Crippen LogP contribution < -0.4 is 5.69 Å². The number of nitrogens with one attached hydrogen (secondary N) is 2. The number of piperidine rings is 2. The largest absolute Gasteiger partial charge is 0.436 e. The van der Waals surface area contributed by atoms with Crippen molar-refractivity contribution in [2.75, 3.05) is 26.2 Å². The Labute approximate surface area is 260 Å². The molecule has 3 aromatic heterocycles. The Morgan fingerprint density at radius 2 is 1.73 bits per heavy atom. The van der Waals surface area contributed by atoms with Gasteiger partial charge in [0.2, 0.25) is 0 Å². The third-order valence-corrected chi connectivity index (χ3v) is 9.37. The summed E-state index contributed by atoms with van der Waals surface area (Å²) in [4.78, 5) is 51.2. The van der Waals surface area contributed by atoms with Gasteiger partial charge in [0.15, 0.2) is 6.10 Å². The van der Waals surface area contributed by atoms with Gasteiger partial charge in [0.25, 0.3) is 5.91 Å². The zero-order valence-corrected chi connectivity index (χ0v) is 25.3. The zero-order chi connectivity index (χ0) is 30.9. The van der Waals surface area contributed by atoms with Gasteiger partial charge in [-0.15, -0.1) is 0 Å². The Kier molecular flexibility index (Phi) is 7.83. The van der Waals surface area contributed by atoms with Crippen LogP contribution in [0.15, 0.2) is 71.8 Å². The molecule has 2 saturated heterocycles. The molecule has 0 aliphatic carbocycles. The van der Waals surface area contributed by atoms with Gasteiger partial charge in [0, 0.05) is 61.8 Å². The number of carbonyl (C=O) groups excluding carboxylic acids is 2. The first-order valence-corrected chi connectivity index (χ1v) is 15.7. The van der Waals surface area contributed by atoms with Crippen LogP contribution in [0.5, 0.6) is 0 Å². The number of aromatic amines is 2. The van der Waals surface area contributed by atoms with E-state index in [0.29, 0.717) is 44.9 Å². The van der Waals surface area contributed by atoms with Crippen LogP contribution in [-0.2, 0) is 16.0 Å². The van der Waals surface area contributed by atoms with Gasteiger partial charge >= 0.3 is 11.8 Å². The number of amides is 2. The molecular formula is C34H37N7O4. The summed E-state index contributed by atoms with van der Waals surface area (Å²) < 4.78 is 7.86. The van der Waals surface area contributed by atoms with Crippen LogP contribution in [0.3, 0.4) is 0 Å². The number of benzene rings is 2. The van der Waals surface area contributed by atoms with Gasteiger partial charge in [0.1, 0.15) is 0 Å². The van der Waals surface area contributed by atoms with Gasteiger partial charge in [-0.05, 0) is 74.1 Å². The maximum Gasteiger partial charge on any atom is 0.410 e. The van der Waals surface area contributed by atoms with Gasteiger partial charge in [-0.25, -0.2) is 9.59 Å². The van der Waals surface area contributed by atoms with Crippen molar-refractivity contribution in [3.05, 3.63) is 94.3 Å². The molecular weight excluding hydrogens is 570 g/mol. The molecule has 2 amide bonds. The van der Waals surface area contributed by atoms with E-state index >= 15 is 0 Å². The van der Waals surface area contributed by atoms with Crippen LogP contribution in [0.1, 0.15) is 54.5 Å². The van der Waals surface area contributed by atoms with Crippen molar-refractivity contribution in [3.8, 4) is 0 Å². The molecule has 11 nitrogen and oxygen atoms in total. The number of ether oxygens (including phenoxy) is 1. The minimum atomic E-state index is -0.957. The maximum absolute atomic E-state index is 14.0. The van der Waals surface area contributed by atoms with Crippen molar-refractivity contribution >= 4 is 33.9 Å². The quantitative estimate of drug-likeness (QED) is 0.288. The van der Waals surface area contributed by atoms with Crippen molar-refractivity contribution in [2.45, 2.75) is 57.1 Å². The number of carbonyl (C=O) groups is 2. The van der Waals surface area contributed by atoms with Gasteiger partial charge in [-0.3, -0.25) is 19.4 Å². The second-order valence-electron chi connectivity index (χ2n) is 12.2. The number of likely N-dealkylation sites (tertiary alicyclic amines) is 2. The van der Waals surface area contributed by atoms with E-state index in [0.717, 1.165) is 51.6 Å². The van der Waals surface area contributed by atoms with E-state index in [1.807, 2.05) is 72.6 Å². The van der Waals surface area contributed by atoms with Crippen LogP contribution >= 0.6 is 0 Å². The number of pyridine rings is 1. The highest BCUT2D eigenvalue weighted by Gasteiger charge is 2.34. The Morgan fingerprint density at radius 1 is 0.978 bits per heavy atom. The second-order valence-corrected chi connectivity index (χ2v) is 12.2. The summed E-state index contributed by atoms with van der Waals surface area (Å²) in [6.07, 6.45) is 5.25. The minimum absolute atomic E-state index is 0.0276. The summed E-state index contributed by atoms with van der Waals surface area (Å²) in [7, 11) is 0. The smallest absolute Gasteiger partial charge is 0.410 e. The van der Waals surface area contributed by atoms with E-state index in [1.54, 1.807) is 15.7 Å². The first-order chi connectivity index (χ1) is 21.9. The van der Waals surface area contributed by atoms with Crippen molar-refractivity contribution in [3.63, 3.8) is 0 Å². The van der Waals surface area contributed by atoms with Gasteiger partial charge in [-0.2, -0.15) is 5.10 Å². The van der Waals surface area contributed by atoms with E-state index in [-0.39, 0.29) is 24.1 Å². The van der Waals surface area contributed by atoms with Crippen LogP contribution in [0.2, 0.25) is 0 Å². The summed E-state index contributed by atoms with van der Waals surface area (Å²) in [5.74, 6) is 0.126. The molecule has 7 rings (SSSR count). The number of imidazole rings is 1. The average molecular weight is 608 g/mol. The fraction of sp³-hybridized carbons (Fsp3) is 0.382. The fourth-order valence-corrected chi connectivity index (χ4v) is 6.98. The van der Waals surface area contributed by atoms with Crippen LogP contribution in [0, 0.1) is 6.92 Å². The lowest BCUT2D eigenvalue weighted by molar-refractivity contribution is -0.142. The zero-order valence-electron chi connectivity index (χ0n) is 25.3. The van der Waals surface area contributed by atoms with Crippen molar-refractivity contribution < 1.29 is 14.3 Å². The lowest BCUT2D eigenvalue weighted by Gasteiger charge is -2.35. The standard InChI is InChI=1S/C34H37N7O4/c1-22-18-23(19-25-21-36-38-31(22)25)20-30(32(42)39-14-9-24(10-15-39)27-6-4-5-13-35-27)45-34(44)40-16-11-26(12-17-40)41-29-8-3-2-7-28(29)37-33(41)43/h2-8,13,18-19,21,24,26,30H,9-12,14-17,20H2,1H3,(H,36,38)(H,37,43). The minimum Gasteiger partial charge on any atom is -0.436 e. The molecule has 1 atom stereocenters. The highest BCUT2D eigenvalue weighted by atomic mass is 16.6. The number of aromatic nitrogens is 5. The molecule has 0 bridgehead atoms. The van der Waals surface area contributed by atoms with E-state index < -0.39 is 12.2 Å². The molecule has 2 fully saturated rings. The van der Waals surface area contributed by atoms with Crippen LogP contribution in [-0.4, -0.2) is 78.8 Å². The highest BCUT2D eigenvalue weighted by molar-refractivity contribution is 5.85. The van der Waals surface area contributed by atoms with Crippen LogP contribution in [0.4, 0.5) is 4.79 Å². The van der Waals surface area contributed by atoms with E-state index in [9.17, 15) is 14.4 Å². The molecule has 11 heteroatoms. The van der Waals surface area contributed by atoms with E-state index in [1.165, 1.54) is 0 Å². The highest BCUT2D eigenvalue weighted by Crippen LogP contribution is 2.29. The predicted octanol–water partition coefficient (Wildman–Crippen LogP) is 4.70. The molecule has 2 aliphatic heterocycles. The SMILES string of the molecule is Cc1cc(CC(OC(=O)N2CCC(n3c(=O)[nH]c4ccccc43)CC2)C(=O)N2CCC(c3ccccn3)CC2)cc2cn[nH]c12. The number of fused-ring (bicyclic) bond motifs is 2. The first kappa shape index (κ1) is 28.8. The number of hydrogen-bond acceptors (Lipinski definition) is 6. The normalized spacial score (nSPS) is 17.2. The second kappa shape index (κ2) is 12.2. The molecule has 5 aromatic rings. The summed E-state index contributed by atoms with van der Waals surface area (Å²) in [6, 6.07) is 17.6. The number of rotatable bonds is 6. The summed E-state index contributed by atoms with van der Waals surface area (Å²) in [5.41, 5.74) is 5.46. The van der Waals surface area contributed by atoms with Gasteiger partial charge in [-0.1, -0.05) is 24.3 Å². The molecule has 0 spiro atoms. The monoisotopic (exact) mass is 607 g/mol. The van der Waals surface area contributed by atoms with Gasteiger partial charge in [0.05, 0.1) is 22.7 Å². The number of nitrogens with zero attached hydrogens (tertiary/aromatic N) is 5. The van der Waals surface area contributed by atoms with Crippen LogP contribution in [0.25, 0.3) is 21.9 Å². The van der Waals surface area contributed by atoms with E-state index in [2.05, 4.69) is 20.2 Å². The maximum atomic E-state index is 14.0. The molecule has 0 saturated carbocycles. The molecule has 2 N–H and O–H groups in total. The molecule has 232 valence electrons. The molecule has 0 radical (unpaired) electrons. The number of H-pyrrole nitrogens is 2. The van der Waals surface area contributed by atoms with Crippen molar-refractivity contribution in [1.82, 2.24) is 34.5 Å².